The lowest BCUT2D eigenvalue weighted by molar-refractivity contribution is 0.397. The fourth-order valence-electron chi connectivity index (χ4n) is 2.23. The third kappa shape index (κ3) is 8.98. The van der Waals surface area contributed by atoms with Gasteiger partial charge in [-0.15, -0.1) is 24.0 Å². The molecule has 0 radical (unpaired) electrons. The topological polar surface area (TPSA) is 58.5 Å². The molecule has 1 heterocycles. The van der Waals surface area contributed by atoms with Gasteiger partial charge in [-0.25, -0.2) is 4.98 Å². The molecule has 0 aromatic carbocycles. The number of halogens is 1. The van der Waals surface area contributed by atoms with Gasteiger partial charge in [0, 0.05) is 32.4 Å². The molecule has 5 nitrogen and oxygen atoms in total. The van der Waals surface area contributed by atoms with E-state index < -0.39 is 0 Å². The van der Waals surface area contributed by atoms with Crippen molar-refractivity contribution in [1.29, 1.82) is 0 Å². The summed E-state index contributed by atoms with van der Waals surface area (Å²) >= 11 is 0. The van der Waals surface area contributed by atoms with Gasteiger partial charge in [0.25, 0.3) is 0 Å². The Morgan fingerprint density at radius 1 is 1.30 bits per heavy atom. The summed E-state index contributed by atoms with van der Waals surface area (Å²) in [5.74, 6) is 2.18. The van der Waals surface area contributed by atoms with Crippen LogP contribution in [-0.2, 0) is 6.54 Å². The van der Waals surface area contributed by atoms with Crippen LogP contribution in [0.2, 0.25) is 0 Å². The Bertz CT molecular complexity index is 437. The van der Waals surface area contributed by atoms with E-state index in [1.54, 1.807) is 14.2 Å². The van der Waals surface area contributed by atoms with E-state index in [0.29, 0.717) is 18.3 Å². The van der Waals surface area contributed by atoms with E-state index >= 15 is 0 Å². The van der Waals surface area contributed by atoms with E-state index in [4.69, 9.17) is 4.74 Å². The predicted octanol–water partition coefficient (Wildman–Crippen LogP) is 3.59. The zero-order valence-corrected chi connectivity index (χ0v) is 17.1. The zero-order chi connectivity index (χ0) is 16.2. The first-order valence-electron chi connectivity index (χ1n) is 8.16. The van der Waals surface area contributed by atoms with Crippen molar-refractivity contribution >= 4 is 29.9 Å². The molecule has 0 aliphatic carbocycles. The van der Waals surface area contributed by atoms with Crippen molar-refractivity contribution in [3.63, 3.8) is 0 Å². The maximum atomic E-state index is 5.06. The molecule has 6 heteroatoms. The van der Waals surface area contributed by atoms with Crippen LogP contribution in [0.4, 0.5) is 0 Å². The van der Waals surface area contributed by atoms with E-state index in [1.807, 2.05) is 18.3 Å². The molecular weight excluding hydrogens is 403 g/mol. The number of methoxy groups -OCH3 is 1. The van der Waals surface area contributed by atoms with Gasteiger partial charge in [0.15, 0.2) is 5.96 Å². The number of pyridine rings is 1. The lowest BCUT2D eigenvalue weighted by Crippen LogP contribution is -2.39. The van der Waals surface area contributed by atoms with Gasteiger partial charge in [-0.2, -0.15) is 0 Å². The third-order valence-corrected chi connectivity index (χ3v) is 3.79. The number of ether oxygens (including phenoxy) is 1. The Morgan fingerprint density at radius 2 is 2.09 bits per heavy atom. The van der Waals surface area contributed by atoms with Crippen LogP contribution < -0.4 is 15.4 Å². The highest BCUT2D eigenvalue weighted by Gasteiger charge is 2.07. The van der Waals surface area contributed by atoms with Gasteiger partial charge >= 0.3 is 0 Å². The molecule has 1 atom stereocenters. The second kappa shape index (κ2) is 13.4. The van der Waals surface area contributed by atoms with E-state index in [9.17, 15) is 0 Å². The number of guanidine groups is 1. The second-order valence-corrected chi connectivity index (χ2v) is 5.43. The van der Waals surface area contributed by atoms with Gasteiger partial charge in [0.05, 0.1) is 7.11 Å². The van der Waals surface area contributed by atoms with Crippen molar-refractivity contribution in [3.8, 4) is 5.88 Å². The first-order chi connectivity index (χ1) is 10.7. The molecule has 0 bridgehead atoms. The monoisotopic (exact) mass is 434 g/mol. The van der Waals surface area contributed by atoms with Crippen LogP contribution in [0.5, 0.6) is 5.88 Å². The molecule has 0 fully saturated rings. The fraction of sp³-hybridized carbons (Fsp3) is 0.647. The van der Waals surface area contributed by atoms with E-state index in [1.165, 1.54) is 25.7 Å². The van der Waals surface area contributed by atoms with Gasteiger partial charge < -0.3 is 15.4 Å². The van der Waals surface area contributed by atoms with E-state index in [-0.39, 0.29) is 24.0 Å². The second-order valence-electron chi connectivity index (χ2n) is 5.43. The third-order valence-electron chi connectivity index (χ3n) is 3.79. The minimum atomic E-state index is 0. The molecule has 0 saturated carbocycles. The smallest absolute Gasteiger partial charge is 0.212 e. The van der Waals surface area contributed by atoms with Crippen molar-refractivity contribution in [2.75, 3.05) is 20.7 Å². The first-order valence-corrected chi connectivity index (χ1v) is 8.16. The SMILES string of the molecule is CCCCC(CC)CNC(=NC)NCc1ccc(OC)nc1.I. The number of hydrogen-bond donors (Lipinski definition) is 2. The van der Waals surface area contributed by atoms with Crippen molar-refractivity contribution in [2.24, 2.45) is 10.9 Å². The maximum Gasteiger partial charge on any atom is 0.212 e. The van der Waals surface area contributed by atoms with Crippen molar-refractivity contribution in [2.45, 2.75) is 46.1 Å². The summed E-state index contributed by atoms with van der Waals surface area (Å²) in [6.45, 7) is 6.16. The summed E-state index contributed by atoms with van der Waals surface area (Å²) in [6, 6.07) is 3.87. The van der Waals surface area contributed by atoms with Crippen molar-refractivity contribution in [1.82, 2.24) is 15.6 Å². The molecular formula is C17H31IN4O. The van der Waals surface area contributed by atoms with Gasteiger partial charge in [-0.1, -0.05) is 39.2 Å². The number of aliphatic imine (C=N–C) groups is 1. The number of unbranched alkanes of at least 4 members (excludes halogenated alkanes) is 1. The first kappa shape index (κ1) is 21.9. The summed E-state index contributed by atoms with van der Waals surface area (Å²) in [7, 11) is 3.42. The maximum absolute atomic E-state index is 5.06. The molecule has 1 aromatic rings. The lowest BCUT2D eigenvalue weighted by atomic mass is 9.99. The highest BCUT2D eigenvalue weighted by Crippen LogP contribution is 2.11. The minimum Gasteiger partial charge on any atom is -0.481 e. The Labute approximate surface area is 157 Å². The van der Waals surface area contributed by atoms with Crippen LogP contribution in [0.3, 0.4) is 0 Å². The summed E-state index contributed by atoms with van der Waals surface area (Å²) in [5.41, 5.74) is 1.10. The van der Waals surface area contributed by atoms with Crippen LogP contribution in [-0.4, -0.2) is 31.6 Å². The zero-order valence-electron chi connectivity index (χ0n) is 14.8. The summed E-state index contributed by atoms with van der Waals surface area (Å²) in [6.07, 6.45) is 6.85. The molecule has 0 amide bonds. The number of hydrogen-bond acceptors (Lipinski definition) is 3. The van der Waals surface area contributed by atoms with Crippen molar-refractivity contribution in [3.05, 3.63) is 23.9 Å². The van der Waals surface area contributed by atoms with Gasteiger partial charge in [-0.05, 0) is 17.9 Å². The fourth-order valence-corrected chi connectivity index (χ4v) is 2.23. The molecule has 0 spiro atoms. The lowest BCUT2D eigenvalue weighted by Gasteiger charge is -2.18. The quantitative estimate of drug-likeness (QED) is 0.354. The molecule has 23 heavy (non-hydrogen) atoms. The number of nitrogens with one attached hydrogen (secondary N) is 2. The van der Waals surface area contributed by atoms with Crippen LogP contribution in [0.1, 0.15) is 45.1 Å². The Morgan fingerprint density at radius 3 is 2.61 bits per heavy atom. The van der Waals surface area contributed by atoms with Crippen LogP contribution in [0.25, 0.3) is 0 Å². The van der Waals surface area contributed by atoms with E-state index in [2.05, 4.69) is 34.5 Å². The van der Waals surface area contributed by atoms with Crippen LogP contribution in [0, 0.1) is 5.92 Å². The molecule has 0 aliphatic rings. The summed E-state index contributed by atoms with van der Waals surface area (Å²) in [4.78, 5) is 8.47. The highest BCUT2D eigenvalue weighted by molar-refractivity contribution is 14.0. The summed E-state index contributed by atoms with van der Waals surface area (Å²) < 4.78 is 5.06. The van der Waals surface area contributed by atoms with Crippen molar-refractivity contribution < 1.29 is 4.74 Å². The molecule has 0 aliphatic heterocycles. The number of nitrogens with zero attached hydrogens (tertiary/aromatic N) is 2. The van der Waals surface area contributed by atoms with E-state index in [0.717, 1.165) is 18.1 Å². The van der Waals surface area contributed by atoms with Gasteiger partial charge in [0.1, 0.15) is 0 Å². The Hall–Kier alpha value is -1.05. The van der Waals surface area contributed by atoms with Crippen LogP contribution in [0.15, 0.2) is 23.3 Å². The van der Waals surface area contributed by atoms with Gasteiger partial charge in [-0.3, -0.25) is 4.99 Å². The standard InChI is InChI=1S/C17H30N4O.HI/c1-5-7-8-14(6-2)11-20-17(18-3)21-13-15-9-10-16(22-4)19-12-15;/h9-10,12,14H,5-8,11,13H2,1-4H3,(H2,18,20,21);1H. The summed E-state index contributed by atoms with van der Waals surface area (Å²) in [5, 5.41) is 6.73. The normalized spacial score (nSPS) is 12.3. The minimum absolute atomic E-state index is 0. The molecule has 1 aromatic heterocycles. The predicted molar refractivity (Wildman–Crippen MR) is 108 cm³/mol. The molecule has 132 valence electrons. The highest BCUT2D eigenvalue weighted by atomic mass is 127. The Kier molecular flexibility index (Phi) is 12.8. The Balaban J connectivity index is 0.00000484. The average molecular weight is 434 g/mol. The average Bonchev–Trinajstić information content (AvgIpc) is 2.58. The molecule has 1 unspecified atom stereocenters. The number of rotatable bonds is 9. The molecule has 2 N–H and O–H groups in total. The molecule has 1 rings (SSSR count). The van der Waals surface area contributed by atoms with Gasteiger partial charge in [0.2, 0.25) is 5.88 Å². The largest absolute Gasteiger partial charge is 0.481 e. The number of aromatic nitrogens is 1. The molecule has 0 saturated heterocycles. The van der Waals surface area contributed by atoms with Crippen LogP contribution >= 0.6 is 24.0 Å².